The first-order chi connectivity index (χ1) is 11.1. The third-order valence-corrected chi connectivity index (χ3v) is 4.27. The molecule has 0 saturated heterocycles. The molecule has 0 radical (unpaired) electrons. The van der Waals surface area contributed by atoms with Crippen molar-refractivity contribution in [1.82, 2.24) is 5.32 Å². The van der Waals surface area contributed by atoms with Crippen molar-refractivity contribution in [2.45, 2.75) is 13.0 Å². The minimum absolute atomic E-state index is 0.0865. The van der Waals surface area contributed by atoms with E-state index in [0.717, 1.165) is 21.1 Å². The molecule has 0 spiro atoms. The molecule has 0 aromatic heterocycles. The zero-order chi connectivity index (χ0) is 16.2. The van der Waals surface area contributed by atoms with Crippen LogP contribution in [-0.4, -0.2) is 6.03 Å². The van der Waals surface area contributed by atoms with Crippen LogP contribution >= 0.6 is 15.9 Å². The summed E-state index contributed by atoms with van der Waals surface area (Å²) in [6.45, 7) is 1.99. The van der Waals surface area contributed by atoms with Gasteiger partial charge < -0.3 is 10.6 Å². The number of carbonyl (C=O) groups is 1. The summed E-state index contributed by atoms with van der Waals surface area (Å²) in [5, 5.41) is 8.17. The zero-order valence-electron chi connectivity index (χ0n) is 12.7. The van der Waals surface area contributed by atoms with Crippen LogP contribution in [0.5, 0.6) is 0 Å². The lowest BCUT2D eigenvalue weighted by molar-refractivity contribution is 0.249. The molecule has 23 heavy (non-hydrogen) atoms. The van der Waals surface area contributed by atoms with Gasteiger partial charge in [-0.3, -0.25) is 0 Å². The lowest BCUT2D eigenvalue weighted by atomic mass is 10.00. The molecule has 3 aromatic rings. The monoisotopic (exact) mass is 368 g/mol. The van der Waals surface area contributed by atoms with E-state index in [1.54, 1.807) is 0 Å². The lowest BCUT2D eigenvalue weighted by Crippen LogP contribution is -2.31. The minimum Gasteiger partial charge on any atom is -0.331 e. The van der Waals surface area contributed by atoms with Gasteiger partial charge >= 0.3 is 6.03 Å². The van der Waals surface area contributed by atoms with Gasteiger partial charge in [-0.25, -0.2) is 4.79 Å². The molecule has 3 rings (SSSR count). The third-order valence-electron chi connectivity index (χ3n) is 3.74. The Morgan fingerprint density at radius 3 is 2.43 bits per heavy atom. The summed E-state index contributed by atoms with van der Waals surface area (Å²) in [5.41, 5.74) is 1.87. The summed E-state index contributed by atoms with van der Waals surface area (Å²) in [5.74, 6) is 0. The SMILES string of the molecule is C[C@@H](NC(=O)Nc1ccc(Br)cc1)c1cccc2ccccc12. The Labute approximate surface area is 143 Å². The molecular formula is C19H17BrN2O. The van der Waals surface area contributed by atoms with Crippen molar-refractivity contribution < 1.29 is 4.79 Å². The molecule has 116 valence electrons. The van der Waals surface area contributed by atoms with Gasteiger partial charge in [0.05, 0.1) is 6.04 Å². The van der Waals surface area contributed by atoms with Crippen LogP contribution in [0.4, 0.5) is 10.5 Å². The maximum Gasteiger partial charge on any atom is 0.319 e. The molecule has 1 atom stereocenters. The van der Waals surface area contributed by atoms with E-state index in [1.807, 2.05) is 55.5 Å². The van der Waals surface area contributed by atoms with E-state index in [0.29, 0.717) is 0 Å². The van der Waals surface area contributed by atoms with Gasteiger partial charge in [0, 0.05) is 10.2 Å². The average molecular weight is 369 g/mol. The molecule has 0 aliphatic rings. The van der Waals surface area contributed by atoms with Crippen LogP contribution in [0.25, 0.3) is 10.8 Å². The molecule has 0 saturated carbocycles. The van der Waals surface area contributed by atoms with Crippen LogP contribution in [0, 0.1) is 0 Å². The molecule has 2 N–H and O–H groups in total. The van der Waals surface area contributed by atoms with Crippen LogP contribution in [0.15, 0.2) is 71.2 Å². The molecule has 3 nitrogen and oxygen atoms in total. The van der Waals surface area contributed by atoms with Gasteiger partial charge in [0.1, 0.15) is 0 Å². The first-order valence-electron chi connectivity index (χ1n) is 7.44. The Balaban J connectivity index is 1.74. The smallest absolute Gasteiger partial charge is 0.319 e. The first kappa shape index (κ1) is 15.6. The van der Waals surface area contributed by atoms with E-state index in [1.165, 1.54) is 5.39 Å². The maximum absolute atomic E-state index is 12.2. The van der Waals surface area contributed by atoms with Crippen molar-refractivity contribution in [2.24, 2.45) is 0 Å². The fourth-order valence-corrected chi connectivity index (χ4v) is 2.87. The highest BCUT2D eigenvalue weighted by Crippen LogP contribution is 2.24. The predicted molar refractivity (Wildman–Crippen MR) is 98.7 cm³/mol. The Hall–Kier alpha value is -2.33. The molecule has 3 aromatic carbocycles. The second kappa shape index (κ2) is 6.84. The summed E-state index contributed by atoms with van der Waals surface area (Å²) in [6.07, 6.45) is 0. The number of hydrogen-bond donors (Lipinski definition) is 2. The first-order valence-corrected chi connectivity index (χ1v) is 8.23. The van der Waals surface area contributed by atoms with Crippen molar-refractivity contribution in [3.63, 3.8) is 0 Å². The average Bonchev–Trinajstić information content (AvgIpc) is 2.56. The summed E-state index contributed by atoms with van der Waals surface area (Å²) in [4.78, 5) is 12.2. The lowest BCUT2D eigenvalue weighted by Gasteiger charge is -2.17. The quantitative estimate of drug-likeness (QED) is 0.630. The Morgan fingerprint density at radius 2 is 1.65 bits per heavy atom. The third kappa shape index (κ3) is 3.71. The van der Waals surface area contributed by atoms with E-state index < -0.39 is 0 Å². The fourth-order valence-electron chi connectivity index (χ4n) is 2.60. The van der Waals surface area contributed by atoms with E-state index >= 15 is 0 Å². The van der Waals surface area contributed by atoms with Crippen molar-refractivity contribution >= 4 is 38.4 Å². The highest BCUT2D eigenvalue weighted by atomic mass is 79.9. The van der Waals surface area contributed by atoms with Gasteiger partial charge in [0.2, 0.25) is 0 Å². The number of amides is 2. The van der Waals surface area contributed by atoms with Gasteiger partial charge in [0.25, 0.3) is 0 Å². The Morgan fingerprint density at radius 1 is 0.957 bits per heavy atom. The maximum atomic E-state index is 12.2. The van der Waals surface area contributed by atoms with Gasteiger partial charge in [-0.15, -0.1) is 0 Å². The van der Waals surface area contributed by atoms with Gasteiger partial charge in [-0.1, -0.05) is 58.4 Å². The number of urea groups is 1. The van der Waals surface area contributed by atoms with E-state index in [4.69, 9.17) is 0 Å². The van der Waals surface area contributed by atoms with Gasteiger partial charge in [0.15, 0.2) is 0 Å². The largest absolute Gasteiger partial charge is 0.331 e. The molecule has 0 heterocycles. The number of nitrogens with one attached hydrogen (secondary N) is 2. The number of benzene rings is 3. The second-order valence-corrected chi connectivity index (χ2v) is 6.31. The normalized spacial score (nSPS) is 11.9. The summed E-state index contributed by atoms with van der Waals surface area (Å²) in [7, 11) is 0. The topological polar surface area (TPSA) is 41.1 Å². The van der Waals surface area contributed by atoms with Gasteiger partial charge in [-0.2, -0.15) is 0 Å². The molecule has 0 unspecified atom stereocenters. The zero-order valence-corrected chi connectivity index (χ0v) is 14.3. The predicted octanol–water partition coefficient (Wildman–Crippen LogP) is 5.49. The number of hydrogen-bond acceptors (Lipinski definition) is 1. The summed E-state index contributed by atoms with van der Waals surface area (Å²) in [6, 6.07) is 21.5. The van der Waals surface area contributed by atoms with E-state index in [-0.39, 0.29) is 12.1 Å². The number of rotatable bonds is 3. The molecule has 0 bridgehead atoms. The second-order valence-electron chi connectivity index (χ2n) is 5.40. The molecule has 0 fully saturated rings. The van der Waals surface area contributed by atoms with Crippen LogP contribution in [0.3, 0.4) is 0 Å². The van der Waals surface area contributed by atoms with Crippen molar-refractivity contribution in [3.8, 4) is 0 Å². The van der Waals surface area contributed by atoms with Crippen LogP contribution < -0.4 is 10.6 Å². The van der Waals surface area contributed by atoms with Crippen molar-refractivity contribution in [1.29, 1.82) is 0 Å². The molecular weight excluding hydrogens is 352 g/mol. The summed E-state index contributed by atoms with van der Waals surface area (Å²) >= 11 is 3.38. The fraction of sp³-hybridized carbons (Fsp3) is 0.105. The Kier molecular flexibility index (Phi) is 4.63. The standard InChI is InChI=1S/C19H17BrN2O/c1-13(17-8-4-6-14-5-2-3-7-18(14)17)21-19(23)22-16-11-9-15(20)10-12-16/h2-13H,1H3,(H2,21,22,23)/t13-/m1/s1. The van der Waals surface area contributed by atoms with E-state index in [9.17, 15) is 4.79 Å². The molecule has 4 heteroatoms. The van der Waals surface area contributed by atoms with E-state index in [2.05, 4.69) is 44.8 Å². The Bertz CT molecular complexity index is 825. The summed E-state index contributed by atoms with van der Waals surface area (Å²) < 4.78 is 0.979. The highest BCUT2D eigenvalue weighted by molar-refractivity contribution is 9.10. The van der Waals surface area contributed by atoms with Crippen LogP contribution in [-0.2, 0) is 0 Å². The number of fused-ring (bicyclic) bond motifs is 1. The van der Waals surface area contributed by atoms with Crippen LogP contribution in [0.1, 0.15) is 18.5 Å². The molecule has 0 aliphatic heterocycles. The number of carbonyl (C=O) groups excluding carboxylic acids is 1. The van der Waals surface area contributed by atoms with Crippen molar-refractivity contribution in [2.75, 3.05) is 5.32 Å². The number of anilines is 1. The number of halogens is 1. The van der Waals surface area contributed by atoms with Gasteiger partial charge in [-0.05, 0) is 47.5 Å². The highest BCUT2D eigenvalue weighted by Gasteiger charge is 2.12. The minimum atomic E-state index is -0.215. The molecule has 2 amide bonds. The molecule has 0 aliphatic carbocycles. The van der Waals surface area contributed by atoms with Crippen LogP contribution in [0.2, 0.25) is 0 Å². The van der Waals surface area contributed by atoms with Crippen molar-refractivity contribution in [3.05, 3.63) is 76.8 Å².